The molecule has 2 rings (SSSR count). The van der Waals surface area contributed by atoms with Gasteiger partial charge in [-0.3, -0.25) is 0 Å². The third kappa shape index (κ3) is 4.59. The summed E-state index contributed by atoms with van der Waals surface area (Å²) in [6.45, 7) is 9.32. The summed E-state index contributed by atoms with van der Waals surface area (Å²) in [6.07, 6.45) is 8.46. The van der Waals surface area contributed by atoms with E-state index in [4.69, 9.17) is 4.74 Å². The maximum Gasteiger partial charge on any atom is 0.0576 e. The molecule has 1 N–H and O–H groups in total. The Morgan fingerprint density at radius 2 is 2.00 bits per heavy atom. The standard InChI is InChI=1S/C15H29NO/c1-15(2,3)12(11-16-13-7-8-13)6-9-14-5-4-10-17-14/h12-14,16H,4-11H2,1-3H3. The van der Waals surface area contributed by atoms with Gasteiger partial charge in [0, 0.05) is 12.6 Å². The highest BCUT2D eigenvalue weighted by Gasteiger charge is 2.29. The van der Waals surface area contributed by atoms with Crippen LogP contribution in [0.15, 0.2) is 0 Å². The van der Waals surface area contributed by atoms with Gasteiger partial charge in [0.15, 0.2) is 0 Å². The predicted molar refractivity (Wildman–Crippen MR) is 72.2 cm³/mol. The summed E-state index contributed by atoms with van der Waals surface area (Å²) >= 11 is 0. The van der Waals surface area contributed by atoms with Crippen molar-refractivity contribution in [2.45, 2.75) is 71.4 Å². The Morgan fingerprint density at radius 3 is 2.53 bits per heavy atom. The van der Waals surface area contributed by atoms with Crippen molar-refractivity contribution in [3.63, 3.8) is 0 Å². The predicted octanol–water partition coefficient (Wildman–Crippen LogP) is 3.36. The second kappa shape index (κ2) is 5.71. The second-order valence-corrected chi connectivity index (χ2v) is 6.96. The first-order chi connectivity index (χ1) is 8.05. The van der Waals surface area contributed by atoms with E-state index in [0.29, 0.717) is 11.5 Å². The molecule has 0 amide bonds. The van der Waals surface area contributed by atoms with Crippen molar-refractivity contribution in [1.82, 2.24) is 5.32 Å². The fourth-order valence-corrected chi connectivity index (χ4v) is 2.70. The molecule has 2 nitrogen and oxygen atoms in total. The molecule has 2 heteroatoms. The summed E-state index contributed by atoms with van der Waals surface area (Å²) in [6, 6.07) is 0.836. The molecule has 2 aliphatic rings. The smallest absolute Gasteiger partial charge is 0.0576 e. The topological polar surface area (TPSA) is 21.3 Å². The molecular weight excluding hydrogens is 210 g/mol. The van der Waals surface area contributed by atoms with E-state index in [1.54, 1.807) is 0 Å². The molecule has 0 aromatic rings. The quantitative estimate of drug-likeness (QED) is 0.767. The number of hydrogen-bond acceptors (Lipinski definition) is 2. The van der Waals surface area contributed by atoms with Crippen molar-refractivity contribution in [2.75, 3.05) is 13.2 Å². The van der Waals surface area contributed by atoms with Crippen LogP contribution in [0.1, 0.15) is 59.3 Å². The molecule has 0 aromatic heterocycles. The third-order valence-corrected chi connectivity index (χ3v) is 4.32. The third-order valence-electron chi connectivity index (χ3n) is 4.32. The number of nitrogens with one attached hydrogen (secondary N) is 1. The van der Waals surface area contributed by atoms with Crippen LogP contribution < -0.4 is 5.32 Å². The SMILES string of the molecule is CC(C)(C)C(CCC1CCCO1)CNC1CC1. The summed E-state index contributed by atoms with van der Waals surface area (Å²) in [7, 11) is 0. The Balaban J connectivity index is 1.72. The second-order valence-electron chi connectivity index (χ2n) is 6.96. The van der Waals surface area contributed by atoms with E-state index in [9.17, 15) is 0 Å². The molecule has 2 atom stereocenters. The molecule has 1 aliphatic carbocycles. The molecule has 100 valence electrons. The molecule has 2 unspecified atom stereocenters. The largest absolute Gasteiger partial charge is 0.378 e. The molecule has 1 aliphatic heterocycles. The number of ether oxygens (including phenoxy) is 1. The lowest BCUT2D eigenvalue weighted by Crippen LogP contribution is -2.33. The van der Waals surface area contributed by atoms with Gasteiger partial charge in [0.1, 0.15) is 0 Å². The van der Waals surface area contributed by atoms with Gasteiger partial charge in [-0.1, -0.05) is 20.8 Å². The van der Waals surface area contributed by atoms with E-state index in [-0.39, 0.29) is 0 Å². The van der Waals surface area contributed by atoms with Gasteiger partial charge in [0.2, 0.25) is 0 Å². The number of rotatable bonds is 6. The highest BCUT2D eigenvalue weighted by molar-refractivity contribution is 4.85. The lowest BCUT2D eigenvalue weighted by molar-refractivity contribution is 0.0889. The van der Waals surface area contributed by atoms with E-state index in [1.165, 1.54) is 45.1 Å². The van der Waals surface area contributed by atoms with Crippen LogP contribution in [0.5, 0.6) is 0 Å². The zero-order chi connectivity index (χ0) is 12.3. The molecule has 0 spiro atoms. The van der Waals surface area contributed by atoms with Gasteiger partial charge in [-0.05, 0) is 56.4 Å². The van der Waals surface area contributed by atoms with Crippen LogP contribution in [-0.4, -0.2) is 25.3 Å². The molecule has 0 radical (unpaired) electrons. The molecule has 2 fully saturated rings. The van der Waals surface area contributed by atoms with Gasteiger partial charge >= 0.3 is 0 Å². The van der Waals surface area contributed by atoms with Gasteiger partial charge < -0.3 is 10.1 Å². The summed E-state index contributed by atoms with van der Waals surface area (Å²) < 4.78 is 5.73. The van der Waals surface area contributed by atoms with Crippen LogP contribution in [0.3, 0.4) is 0 Å². The zero-order valence-electron chi connectivity index (χ0n) is 11.8. The lowest BCUT2D eigenvalue weighted by Gasteiger charge is -2.32. The van der Waals surface area contributed by atoms with Crippen molar-refractivity contribution in [1.29, 1.82) is 0 Å². The highest BCUT2D eigenvalue weighted by Crippen LogP contribution is 2.32. The summed E-state index contributed by atoms with van der Waals surface area (Å²) in [5, 5.41) is 3.70. The van der Waals surface area contributed by atoms with Crippen LogP contribution in [0.4, 0.5) is 0 Å². The zero-order valence-corrected chi connectivity index (χ0v) is 11.8. The Bertz CT molecular complexity index is 224. The first kappa shape index (κ1) is 13.4. The van der Waals surface area contributed by atoms with E-state index in [1.807, 2.05) is 0 Å². The minimum absolute atomic E-state index is 0.417. The van der Waals surface area contributed by atoms with Crippen molar-refractivity contribution >= 4 is 0 Å². The molecular formula is C15H29NO. The Labute approximate surface area is 107 Å². The van der Waals surface area contributed by atoms with Crippen molar-refractivity contribution < 1.29 is 4.74 Å². The van der Waals surface area contributed by atoms with Crippen LogP contribution in [0.2, 0.25) is 0 Å². The van der Waals surface area contributed by atoms with Gasteiger partial charge in [0.05, 0.1) is 6.10 Å². The van der Waals surface area contributed by atoms with E-state index >= 15 is 0 Å². The molecule has 1 saturated heterocycles. The minimum atomic E-state index is 0.417. The first-order valence-electron chi connectivity index (χ1n) is 7.40. The Morgan fingerprint density at radius 1 is 1.24 bits per heavy atom. The molecule has 17 heavy (non-hydrogen) atoms. The lowest BCUT2D eigenvalue weighted by atomic mass is 9.77. The Kier molecular flexibility index (Phi) is 4.48. The number of hydrogen-bond donors (Lipinski definition) is 1. The summed E-state index contributed by atoms with van der Waals surface area (Å²) in [5.74, 6) is 0.785. The van der Waals surface area contributed by atoms with Gasteiger partial charge in [-0.25, -0.2) is 0 Å². The molecule has 1 heterocycles. The van der Waals surface area contributed by atoms with Crippen LogP contribution in [0.25, 0.3) is 0 Å². The maximum atomic E-state index is 5.73. The van der Waals surface area contributed by atoms with E-state index < -0.39 is 0 Å². The first-order valence-corrected chi connectivity index (χ1v) is 7.40. The minimum Gasteiger partial charge on any atom is -0.378 e. The molecule has 0 bridgehead atoms. The average Bonchev–Trinajstić information content (AvgIpc) is 2.91. The van der Waals surface area contributed by atoms with Crippen molar-refractivity contribution in [2.24, 2.45) is 11.3 Å². The normalized spacial score (nSPS) is 27.4. The average molecular weight is 239 g/mol. The fourth-order valence-electron chi connectivity index (χ4n) is 2.70. The molecule has 1 saturated carbocycles. The van der Waals surface area contributed by atoms with Gasteiger partial charge in [-0.2, -0.15) is 0 Å². The van der Waals surface area contributed by atoms with Crippen LogP contribution in [0, 0.1) is 11.3 Å². The van der Waals surface area contributed by atoms with Crippen molar-refractivity contribution in [3.05, 3.63) is 0 Å². The molecule has 0 aromatic carbocycles. The summed E-state index contributed by atoms with van der Waals surface area (Å²) in [5.41, 5.74) is 0.417. The van der Waals surface area contributed by atoms with Crippen molar-refractivity contribution in [3.8, 4) is 0 Å². The van der Waals surface area contributed by atoms with Gasteiger partial charge in [0.25, 0.3) is 0 Å². The monoisotopic (exact) mass is 239 g/mol. The Hall–Kier alpha value is -0.0800. The van der Waals surface area contributed by atoms with E-state index in [2.05, 4.69) is 26.1 Å². The fraction of sp³-hybridized carbons (Fsp3) is 1.00. The maximum absolute atomic E-state index is 5.73. The van der Waals surface area contributed by atoms with Crippen LogP contribution in [-0.2, 0) is 4.74 Å². The highest BCUT2D eigenvalue weighted by atomic mass is 16.5. The van der Waals surface area contributed by atoms with Crippen LogP contribution >= 0.6 is 0 Å². The van der Waals surface area contributed by atoms with E-state index in [0.717, 1.165) is 18.6 Å². The summed E-state index contributed by atoms with van der Waals surface area (Å²) in [4.78, 5) is 0. The van der Waals surface area contributed by atoms with Gasteiger partial charge in [-0.15, -0.1) is 0 Å².